The third-order valence-corrected chi connectivity index (χ3v) is 8.61. The largest absolute Gasteiger partial charge is 0.198 e. The normalized spacial score (nSPS) is 42.7. The molecule has 0 bridgehead atoms. The molecule has 0 unspecified atom stereocenters. The molecule has 3 aliphatic carbocycles. The SMILES string of the molecule is CCCC1CCC([C@H]2CC[C@](C#N)(C3CCC(CC)CC3)CC2)CC1. The van der Waals surface area contributed by atoms with Gasteiger partial charge in [0.1, 0.15) is 0 Å². The Morgan fingerprint density at radius 1 is 0.760 bits per heavy atom. The lowest BCUT2D eigenvalue weighted by Crippen LogP contribution is -2.37. The molecule has 0 N–H and O–H groups in total. The number of hydrogen-bond donors (Lipinski definition) is 0. The quantitative estimate of drug-likeness (QED) is 0.506. The minimum atomic E-state index is 0.0502. The van der Waals surface area contributed by atoms with E-state index >= 15 is 0 Å². The molecule has 0 radical (unpaired) electrons. The smallest absolute Gasteiger partial charge is 0.0692 e. The maximum atomic E-state index is 10.1. The van der Waals surface area contributed by atoms with Crippen LogP contribution < -0.4 is 0 Å². The van der Waals surface area contributed by atoms with Gasteiger partial charge < -0.3 is 0 Å². The summed E-state index contributed by atoms with van der Waals surface area (Å²) in [5.41, 5.74) is 0.0502. The average molecular weight is 344 g/mol. The summed E-state index contributed by atoms with van der Waals surface area (Å²) in [5.74, 6) is 4.61. The molecule has 0 aromatic carbocycles. The first kappa shape index (κ1) is 19.3. The van der Waals surface area contributed by atoms with Gasteiger partial charge in [0.25, 0.3) is 0 Å². The summed E-state index contributed by atoms with van der Waals surface area (Å²) < 4.78 is 0. The summed E-state index contributed by atoms with van der Waals surface area (Å²) in [6.07, 6.45) is 20.7. The Labute approximate surface area is 157 Å². The van der Waals surface area contributed by atoms with Crippen LogP contribution in [0.5, 0.6) is 0 Å². The lowest BCUT2D eigenvalue weighted by Gasteiger charge is -2.45. The molecule has 0 spiro atoms. The topological polar surface area (TPSA) is 23.8 Å². The maximum Gasteiger partial charge on any atom is 0.0692 e. The van der Waals surface area contributed by atoms with Crippen molar-refractivity contribution in [2.75, 3.05) is 0 Å². The second-order valence-corrected chi connectivity index (χ2v) is 9.80. The third kappa shape index (κ3) is 4.43. The van der Waals surface area contributed by atoms with Crippen LogP contribution in [0, 0.1) is 46.3 Å². The molecule has 3 fully saturated rings. The predicted molar refractivity (Wildman–Crippen MR) is 106 cm³/mol. The molecule has 3 aliphatic rings. The third-order valence-electron chi connectivity index (χ3n) is 8.61. The molecule has 25 heavy (non-hydrogen) atoms. The van der Waals surface area contributed by atoms with E-state index in [0.717, 1.165) is 23.7 Å². The lowest BCUT2D eigenvalue weighted by atomic mass is 9.58. The number of nitrogens with zero attached hydrogens (tertiary/aromatic N) is 1. The summed E-state index contributed by atoms with van der Waals surface area (Å²) in [4.78, 5) is 0. The number of rotatable bonds is 5. The first-order valence-electron chi connectivity index (χ1n) is 11.6. The van der Waals surface area contributed by atoms with Crippen molar-refractivity contribution in [3.8, 4) is 6.07 Å². The van der Waals surface area contributed by atoms with Gasteiger partial charge in [0.2, 0.25) is 0 Å². The second-order valence-electron chi connectivity index (χ2n) is 9.80. The van der Waals surface area contributed by atoms with Crippen LogP contribution in [0.3, 0.4) is 0 Å². The summed E-state index contributed by atoms with van der Waals surface area (Å²) in [5, 5.41) is 10.1. The van der Waals surface area contributed by atoms with Crippen molar-refractivity contribution in [2.45, 2.75) is 110 Å². The van der Waals surface area contributed by atoms with Gasteiger partial charge in [0, 0.05) is 0 Å². The summed E-state index contributed by atoms with van der Waals surface area (Å²) in [7, 11) is 0. The van der Waals surface area contributed by atoms with E-state index in [1.165, 1.54) is 96.3 Å². The molecule has 0 heterocycles. The predicted octanol–water partition coefficient (Wildman–Crippen LogP) is 7.51. The summed E-state index contributed by atoms with van der Waals surface area (Å²) in [6, 6.07) is 2.87. The fourth-order valence-corrected chi connectivity index (χ4v) is 6.72. The first-order chi connectivity index (χ1) is 12.2. The van der Waals surface area contributed by atoms with Crippen molar-refractivity contribution >= 4 is 0 Å². The van der Waals surface area contributed by atoms with Crippen LogP contribution in [0.25, 0.3) is 0 Å². The van der Waals surface area contributed by atoms with Gasteiger partial charge in [-0.15, -0.1) is 0 Å². The summed E-state index contributed by atoms with van der Waals surface area (Å²) in [6.45, 7) is 4.67. The van der Waals surface area contributed by atoms with Crippen LogP contribution in [-0.2, 0) is 0 Å². The van der Waals surface area contributed by atoms with Crippen LogP contribution in [0.4, 0.5) is 0 Å². The molecule has 0 aromatic rings. The van der Waals surface area contributed by atoms with Gasteiger partial charge >= 0.3 is 0 Å². The molecule has 3 rings (SSSR count). The van der Waals surface area contributed by atoms with Crippen LogP contribution in [0.15, 0.2) is 0 Å². The highest BCUT2D eigenvalue weighted by Crippen LogP contribution is 2.52. The fraction of sp³-hybridized carbons (Fsp3) is 0.958. The van der Waals surface area contributed by atoms with Crippen molar-refractivity contribution in [1.82, 2.24) is 0 Å². The van der Waals surface area contributed by atoms with Crippen molar-refractivity contribution < 1.29 is 0 Å². The van der Waals surface area contributed by atoms with E-state index in [4.69, 9.17) is 0 Å². The van der Waals surface area contributed by atoms with E-state index in [9.17, 15) is 5.26 Å². The first-order valence-corrected chi connectivity index (χ1v) is 11.6. The van der Waals surface area contributed by atoms with Crippen molar-refractivity contribution in [3.63, 3.8) is 0 Å². The van der Waals surface area contributed by atoms with E-state index in [1.54, 1.807) is 0 Å². The molecule has 0 saturated heterocycles. The van der Waals surface area contributed by atoms with E-state index in [-0.39, 0.29) is 5.41 Å². The van der Waals surface area contributed by atoms with Crippen LogP contribution >= 0.6 is 0 Å². The van der Waals surface area contributed by atoms with Crippen molar-refractivity contribution in [1.29, 1.82) is 5.26 Å². The monoisotopic (exact) mass is 343 g/mol. The highest BCUT2D eigenvalue weighted by molar-refractivity contribution is 5.06. The Hall–Kier alpha value is -0.510. The highest BCUT2D eigenvalue weighted by Gasteiger charge is 2.44. The minimum absolute atomic E-state index is 0.0502. The fourth-order valence-electron chi connectivity index (χ4n) is 6.72. The van der Waals surface area contributed by atoms with Crippen molar-refractivity contribution in [3.05, 3.63) is 0 Å². The van der Waals surface area contributed by atoms with Gasteiger partial charge in [-0.3, -0.25) is 0 Å². The van der Waals surface area contributed by atoms with E-state index in [0.29, 0.717) is 5.92 Å². The van der Waals surface area contributed by atoms with Gasteiger partial charge in [-0.25, -0.2) is 0 Å². The maximum absolute atomic E-state index is 10.1. The standard InChI is InChI=1S/C24H41N/c1-3-5-20-6-10-21(11-7-20)22-14-16-24(18-25,17-15-22)23-12-8-19(4-2)9-13-23/h19-23H,3-17H2,1-2H3/t19?,20?,21?,22-,23?,24-. The van der Waals surface area contributed by atoms with Gasteiger partial charge in [0.15, 0.2) is 0 Å². The van der Waals surface area contributed by atoms with Crippen LogP contribution in [0.2, 0.25) is 0 Å². The average Bonchev–Trinajstić information content (AvgIpc) is 2.69. The molecule has 0 aliphatic heterocycles. The Kier molecular flexibility index (Phi) is 6.87. The van der Waals surface area contributed by atoms with Gasteiger partial charge in [-0.2, -0.15) is 5.26 Å². The van der Waals surface area contributed by atoms with Crippen LogP contribution in [0.1, 0.15) is 110 Å². The van der Waals surface area contributed by atoms with Crippen molar-refractivity contribution in [2.24, 2.45) is 35.0 Å². The minimum Gasteiger partial charge on any atom is -0.198 e. The molecule has 1 heteroatoms. The van der Waals surface area contributed by atoms with E-state index in [2.05, 4.69) is 19.9 Å². The van der Waals surface area contributed by atoms with E-state index in [1.807, 2.05) is 0 Å². The molecule has 1 nitrogen and oxygen atoms in total. The molecule has 3 saturated carbocycles. The number of nitriles is 1. The van der Waals surface area contributed by atoms with Gasteiger partial charge in [-0.1, -0.05) is 58.8 Å². The Morgan fingerprint density at radius 3 is 1.84 bits per heavy atom. The molecular formula is C24H41N. The van der Waals surface area contributed by atoms with Gasteiger partial charge in [0.05, 0.1) is 11.5 Å². The second kappa shape index (κ2) is 8.92. The zero-order valence-corrected chi connectivity index (χ0v) is 16.9. The number of hydrogen-bond acceptors (Lipinski definition) is 1. The van der Waals surface area contributed by atoms with Crippen LogP contribution in [-0.4, -0.2) is 0 Å². The molecule has 0 amide bonds. The highest BCUT2D eigenvalue weighted by atomic mass is 14.5. The zero-order chi connectivity index (χ0) is 17.7. The molecule has 0 aromatic heterocycles. The molecule has 0 atom stereocenters. The molecular weight excluding hydrogens is 302 g/mol. The van der Waals surface area contributed by atoms with E-state index < -0.39 is 0 Å². The summed E-state index contributed by atoms with van der Waals surface area (Å²) >= 11 is 0. The zero-order valence-electron chi connectivity index (χ0n) is 16.9. The Bertz CT molecular complexity index is 424. The lowest BCUT2D eigenvalue weighted by molar-refractivity contribution is 0.0609. The van der Waals surface area contributed by atoms with Gasteiger partial charge in [-0.05, 0) is 81.0 Å². The molecule has 142 valence electrons. The Morgan fingerprint density at radius 2 is 1.32 bits per heavy atom. The Balaban J connectivity index is 1.49.